The summed E-state index contributed by atoms with van der Waals surface area (Å²) in [6.45, 7) is 5.43. The molecule has 0 saturated heterocycles. The van der Waals surface area contributed by atoms with Gasteiger partial charge in [-0.05, 0) is 50.1 Å². The molecule has 0 saturated carbocycles. The number of carbonyl (C=O) groups excluding carboxylic acids is 4. The fraction of sp³-hybridized carbons (Fsp3) is 0.213. The van der Waals surface area contributed by atoms with Crippen molar-refractivity contribution in [1.29, 1.82) is 0 Å². The molecule has 0 radical (unpaired) electrons. The molecule has 6 aromatic rings. The van der Waals surface area contributed by atoms with Gasteiger partial charge in [-0.25, -0.2) is 14.6 Å². The number of para-hydroxylation sites is 2. The number of nitrogens with one attached hydrogen (secondary N) is 3. The highest BCUT2D eigenvalue weighted by molar-refractivity contribution is 7.99. The van der Waals surface area contributed by atoms with E-state index in [0.717, 1.165) is 33.2 Å². The van der Waals surface area contributed by atoms with E-state index in [1.165, 1.54) is 11.8 Å². The Bertz CT molecular complexity index is 2380. The van der Waals surface area contributed by atoms with E-state index in [4.69, 9.17) is 14.5 Å². The van der Waals surface area contributed by atoms with Crippen molar-refractivity contribution in [2.45, 2.75) is 44.7 Å². The van der Waals surface area contributed by atoms with Gasteiger partial charge in [0.05, 0.1) is 11.4 Å². The van der Waals surface area contributed by atoms with Crippen LogP contribution in [0.15, 0.2) is 151 Å². The molecule has 12 heteroatoms. The second kappa shape index (κ2) is 18.3. The zero-order valence-electron chi connectivity index (χ0n) is 33.0. The lowest BCUT2D eigenvalue weighted by Gasteiger charge is -2.27. The van der Waals surface area contributed by atoms with Crippen molar-refractivity contribution >= 4 is 57.9 Å². The predicted octanol–water partition coefficient (Wildman–Crippen LogP) is 8.07. The fourth-order valence-electron chi connectivity index (χ4n) is 6.74. The third-order valence-corrected chi connectivity index (χ3v) is 10.5. The molecule has 0 fully saturated rings. The molecule has 0 aliphatic carbocycles. The van der Waals surface area contributed by atoms with E-state index < -0.39 is 47.8 Å². The SMILES string of the molecule is CC(C)(C)OC(=O)NC(CSCCN1C(=O)[C@H](NC(=O)c2cc3ccccc3[nH]2)N=C(c2ccccc2)c2ccccc21)C(=O)OC(c1ccccc1)c1ccccc1. The number of carbonyl (C=O) groups is 4. The van der Waals surface area contributed by atoms with Crippen molar-refractivity contribution in [2.75, 3.05) is 23.0 Å². The average molecular weight is 808 g/mol. The van der Waals surface area contributed by atoms with Gasteiger partial charge in [0.1, 0.15) is 17.3 Å². The molecular formula is C47H45N5O6S. The Morgan fingerprint density at radius 1 is 0.814 bits per heavy atom. The van der Waals surface area contributed by atoms with Gasteiger partial charge < -0.3 is 30.0 Å². The second-order valence-corrected chi connectivity index (χ2v) is 16.1. The number of thioether (sulfide) groups is 1. The predicted molar refractivity (Wildman–Crippen MR) is 232 cm³/mol. The van der Waals surface area contributed by atoms with E-state index in [9.17, 15) is 19.2 Å². The van der Waals surface area contributed by atoms with E-state index in [-0.39, 0.29) is 12.3 Å². The van der Waals surface area contributed by atoms with E-state index in [1.807, 2.05) is 140 Å². The Morgan fingerprint density at radius 2 is 1.42 bits per heavy atom. The number of ether oxygens (including phenoxy) is 2. The molecule has 300 valence electrons. The lowest BCUT2D eigenvalue weighted by Crippen LogP contribution is -2.48. The largest absolute Gasteiger partial charge is 0.451 e. The van der Waals surface area contributed by atoms with E-state index in [1.54, 1.807) is 31.7 Å². The first kappa shape index (κ1) is 40.5. The molecule has 59 heavy (non-hydrogen) atoms. The van der Waals surface area contributed by atoms with Crippen LogP contribution in [0.25, 0.3) is 10.9 Å². The summed E-state index contributed by atoms with van der Waals surface area (Å²) in [7, 11) is 0. The molecule has 3 N–H and O–H groups in total. The summed E-state index contributed by atoms with van der Waals surface area (Å²) in [5, 5.41) is 6.47. The zero-order valence-corrected chi connectivity index (χ0v) is 33.8. The minimum atomic E-state index is -1.26. The third kappa shape index (κ3) is 10.1. The Hall–Kier alpha value is -6.66. The summed E-state index contributed by atoms with van der Waals surface area (Å²) in [6, 6.07) is 44.0. The number of rotatable bonds is 13. The Balaban J connectivity index is 1.12. The number of H-pyrrole nitrogens is 1. The van der Waals surface area contributed by atoms with Gasteiger partial charge in [-0.1, -0.05) is 127 Å². The summed E-state index contributed by atoms with van der Waals surface area (Å²) < 4.78 is 11.7. The number of aromatic amines is 1. The number of aliphatic imine (C=N–C) groups is 1. The number of amides is 3. The van der Waals surface area contributed by atoms with Gasteiger partial charge in [0.2, 0.25) is 6.17 Å². The number of benzodiazepines with no additional fused rings is 1. The molecule has 3 amide bonds. The normalized spacial score (nSPS) is 14.5. The van der Waals surface area contributed by atoms with Crippen LogP contribution < -0.4 is 15.5 Å². The number of alkyl carbamates (subject to hydrolysis) is 1. The minimum absolute atomic E-state index is 0.115. The summed E-state index contributed by atoms with van der Waals surface area (Å²) in [5.41, 5.74) is 4.54. The Labute approximate surface area is 347 Å². The second-order valence-electron chi connectivity index (χ2n) is 14.9. The van der Waals surface area contributed by atoms with E-state index in [0.29, 0.717) is 22.8 Å². The summed E-state index contributed by atoms with van der Waals surface area (Å²) in [5.74, 6) is -1.08. The Kier molecular flexibility index (Phi) is 12.6. The van der Waals surface area contributed by atoms with Gasteiger partial charge >= 0.3 is 12.1 Å². The van der Waals surface area contributed by atoms with Crippen molar-refractivity contribution in [1.82, 2.24) is 15.6 Å². The van der Waals surface area contributed by atoms with Gasteiger partial charge in [-0.3, -0.25) is 9.59 Å². The zero-order chi connectivity index (χ0) is 41.4. The first-order valence-corrected chi connectivity index (χ1v) is 20.5. The summed E-state index contributed by atoms with van der Waals surface area (Å²) >= 11 is 1.36. The highest BCUT2D eigenvalue weighted by Gasteiger charge is 2.34. The Morgan fingerprint density at radius 3 is 2.08 bits per heavy atom. The molecule has 1 aromatic heterocycles. The summed E-state index contributed by atoms with van der Waals surface area (Å²) in [4.78, 5) is 65.0. The molecule has 1 aliphatic rings. The number of aromatic nitrogens is 1. The first-order chi connectivity index (χ1) is 28.5. The first-order valence-electron chi connectivity index (χ1n) is 19.3. The van der Waals surface area contributed by atoms with Gasteiger partial charge in [0, 0.05) is 40.1 Å². The topological polar surface area (TPSA) is 142 Å². The van der Waals surface area contributed by atoms with Crippen molar-refractivity contribution < 1.29 is 28.7 Å². The van der Waals surface area contributed by atoms with Crippen molar-refractivity contribution in [3.8, 4) is 0 Å². The maximum atomic E-state index is 14.6. The highest BCUT2D eigenvalue weighted by Crippen LogP contribution is 2.30. The van der Waals surface area contributed by atoms with Crippen molar-refractivity contribution in [2.24, 2.45) is 4.99 Å². The number of fused-ring (bicyclic) bond motifs is 2. The van der Waals surface area contributed by atoms with Gasteiger partial charge in [-0.15, -0.1) is 0 Å². The molecule has 2 atom stereocenters. The molecule has 0 bridgehead atoms. The van der Waals surface area contributed by atoms with E-state index >= 15 is 0 Å². The van der Waals surface area contributed by atoms with Crippen LogP contribution in [-0.4, -0.2) is 70.4 Å². The molecule has 2 heterocycles. The highest BCUT2D eigenvalue weighted by atomic mass is 32.2. The quantitative estimate of drug-likeness (QED) is 0.0792. The molecular weight excluding hydrogens is 763 g/mol. The number of nitrogens with zero attached hydrogens (tertiary/aromatic N) is 2. The smallest absolute Gasteiger partial charge is 0.408 e. The van der Waals surface area contributed by atoms with E-state index in [2.05, 4.69) is 15.6 Å². The van der Waals surface area contributed by atoms with Crippen LogP contribution in [0.2, 0.25) is 0 Å². The number of hydrogen-bond acceptors (Lipinski definition) is 8. The van der Waals surface area contributed by atoms with Crippen LogP contribution in [0.4, 0.5) is 10.5 Å². The monoisotopic (exact) mass is 807 g/mol. The maximum absolute atomic E-state index is 14.6. The number of hydrogen-bond donors (Lipinski definition) is 3. The third-order valence-electron chi connectivity index (χ3n) is 9.46. The van der Waals surface area contributed by atoms with Crippen LogP contribution in [0, 0.1) is 0 Å². The van der Waals surface area contributed by atoms with Gasteiger partial charge in [0.25, 0.3) is 11.8 Å². The lowest BCUT2D eigenvalue weighted by atomic mass is 10.0. The standard InChI is InChI=1S/C47H45N5O6S/c1-47(2,3)58-46(56)49-38(45(55)57-41(32-19-9-5-10-20-32)33-21-11-6-12-22-33)30-59-28-27-52-39-26-16-14-24-35(39)40(31-17-7-4-8-18-31)50-42(44(52)54)51-43(53)37-29-34-23-13-15-25-36(34)48-37/h4-26,29,38,41-42,48H,27-28,30H2,1-3H3,(H,49,56)(H,51,53)/t38?,42-/m0/s1. The number of esters is 1. The number of anilines is 1. The van der Waals surface area contributed by atoms with Gasteiger partial charge in [0.15, 0.2) is 6.10 Å². The van der Waals surface area contributed by atoms with Gasteiger partial charge in [-0.2, -0.15) is 11.8 Å². The molecule has 1 aliphatic heterocycles. The maximum Gasteiger partial charge on any atom is 0.408 e. The van der Waals surface area contributed by atoms with Crippen LogP contribution in [0.5, 0.6) is 0 Å². The van der Waals surface area contributed by atoms with Crippen LogP contribution >= 0.6 is 11.8 Å². The summed E-state index contributed by atoms with van der Waals surface area (Å²) in [6.07, 6.45) is -2.74. The molecule has 5 aromatic carbocycles. The molecule has 0 spiro atoms. The van der Waals surface area contributed by atoms with Crippen LogP contribution in [0.3, 0.4) is 0 Å². The van der Waals surface area contributed by atoms with Crippen molar-refractivity contribution in [3.05, 3.63) is 174 Å². The number of benzene rings is 5. The molecule has 7 rings (SSSR count). The van der Waals surface area contributed by atoms with Crippen LogP contribution in [0.1, 0.15) is 59.6 Å². The van der Waals surface area contributed by atoms with Crippen LogP contribution in [-0.2, 0) is 19.1 Å². The molecule has 11 nitrogen and oxygen atoms in total. The molecule has 1 unspecified atom stereocenters. The average Bonchev–Trinajstić information content (AvgIpc) is 3.64. The lowest BCUT2D eigenvalue weighted by molar-refractivity contribution is -0.149. The fourth-order valence-corrected chi connectivity index (χ4v) is 7.67. The van der Waals surface area contributed by atoms with Crippen molar-refractivity contribution in [3.63, 3.8) is 0 Å². The minimum Gasteiger partial charge on any atom is -0.451 e.